The van der Waals surface area contributed by atoms with Gasteiger partial charge in [0.1, 0.15) is 0 Å². The normalized spacial score (nSPS) is 8.57. The van der Waals surface area contributed by atoms with Crippen molar-refractivity contribution >= 4 is 55.8 Å². The molecule has 0 amide bonds. The molecule has 7 heteroatoms. The second kappa shape index (κ2) is 24.6. The fraction of sp³-hybridized carbons (Fsp3) is 0. The van der Waals surface area contributed by atoms with Crippen molar-refractivity contribution in [2.24, 2.45) is 0 Å². The molecule has 40 valence electrons. The van der Waals surface area contributed by atoms with Crippen LogP contribution in [0.1, 0.15) is 0 Å². The zero-order valence-electron chi connectivity index (χ0n) is 3.42. The van der Waals surface area contributed by atoms with Crippen LogP contribution < -0.4 is 9.79 Å². The SMILES string of the molecule is [Ca+2].[O-]PO.[O-]PO. The van der Waals surface area contributed by atoms with Crippen LogP contribution in [0.25, 0.3) is 0 Å². The molecule has 0 fully saturated rings. The van der Waals surface area contributed by atoms with Crippen molar-refractivity contribution in [3.05, 3.63) is 0 Å². The number of rotatable bonds is 0. The van der Waals surface area contributed by atoms with Gasteiger partial charge in [-0.2, -0.15) is 0 Å². The predicted molar refractivity (Wildman–Crippen MR) is 26.8 cm³/mol. The van der Waals surface area contributed by atoms with E-state index in [4.69, 9.17) is 19.6 Å². The summed E-state index contributed by atoms with van der Waals surface area (Å²) in [6, 6.07) is 0. The molecule has 0 heterocycles. The van der Waals surface area contributed by atoms with Crippen LogP contribution in [0.2, 0.25) is 0 Å². The van der Waals surface area contributed by atoms with Gasteiger partial charge in [-0.15, -0.1) is 0 Å². The molecule has 0 radical (unpaired) electrons. The van der Waals surface area contributed by atoms with E-state index in [0.29, 0.717) is 0 Å². The van der Waals surface area contributed by atoms with Gasteiger partial charge in [-0.1, -0.05) is 18.1 Å². The Morgan fingerprint density at radius 1 is 1.00 bits per heavy atom. The maximum absolute atomic E-state index is 8.51. The van der Waals surface area contributed by atoms with Gasteiger partial charge < -0.3 is 19.6 Å². The summed E-state index contributed by atoms with van der Waals surface area (Å²) in [5, 5.41) is 0. The molecule has 0 aromatic rings. The Morgan fingerprint density at radius 3 is 1.00 bits per heavy atom. The third-order valence-electron chi connectivity index (χ3n) is 0. The third kappa shape index (κ3) is 73.6. The fourth-order valence-electron chi connectivity index (χ4n) is 0. The fourth-order valence-corrected chi connectivity index (χ4v) is 0. The Bertz CT molecular complexity index is 11.7. The predicted octanol–water partition coefficient (Wildman–Crippen LogP) is -2.69. The largest absolute Gasteiger partial charge is 2.00 e. The first-order valence-electron chi connectivity index (χ1n) is 0.855. The van der Waals surface area contributed by atoms with E-state index in [1.165, 1.54) is 0 Å². The molecule has 4 nitrogen and oxygen atoms in total. The minimum atomic E-state index is -1.17. The van der Waals surface area contributed by atoms with Crippen molar-refractivity contribution in [2.75, 3.05) is 0 Å². The Labute approximate surface area is 74.8 Å². The van der Waals surface area contributed by atoms with E-state index in [1.807, 2.05) is 0 Å². The molecule has 0 saturated carbocycles. The van der Waals surface area contributed by atoms with E-state index in [1.54, 1.807) is 0 Å². The quantitative estimate of drug-likeness (QED) is 0.306. The van der Waals surface area contributed by atoms with Gasteiger partial charge in [-0.3, -0.25) is 0 Å². The monoisotopic (exact) mass is 170 g/mol. The zero-order chi connectivity index (χ0) is 5.41. The van der Waals surface area contributed by atoms with Crippen molar-refractivity contribution in [1.82, 2.24) is 0 Å². The second-order valence-corrected chi connectivity index (χ2v) is 0.548. The molecule has 0 aliphatic heterocycles. The summed E-state index contributed by atoms with van der Waals surface area (Å²) in [6.45, 7) is 0. The molecule has 0 rings (SSSR count). The summed E-state index contributed by atoms with van der Waals surface area (Å²) in [7, 11) is -2.33. The third-order valence-corrected chi connectivity index (χ3v) is 0. The van der Waals surface area contributed by atoms with E-state index in [0.717, 1.165) is 0 Å². The Balaban J connectivity index is -0.0000000400. The van der Waals surface area contributed by atoms with E-state index in [9.17, 15) is 0 Å². The molecule has 0 spiro atoms. The van der Waals surface area contributed by atoms with Crippen LogP contribution in [0.3, 0.4) is 0 Å². The van der Waals surface area contributed by atoms with Crippen molar-refractivity contribution in [2.45, 2.75) is 0 Å². The van der Waals surface area contributed by atoms with E-state index in [2.05, 4.69) is 0 Å². The number of hydrogen-bond donors (Lipinski definition) is 2. The first kappa shape index (κ1) is 16.0. The van der Waals surface area contributed by atoms with Gasteiger partial charge >= 0.3 is 37.7 Å². The summed E-state index contributed by atoms with van der Waals surface area (Å²) in [4.78, 5) is 31.1. The minimum absolute atomic E-state index is 0. The summed E-state index contributed by atoms with van der Waals surface area (Å²) in [5.41, 5.74) is 0. The van der Waals surface area contributed by atoms with E-state index in [-0.39, 0.29) is 37.7 Å². The van der Waals surface area contributed by atoms with E-state index < -0.39 is 18.1 Å². The Hall–Kier alpha value is 1.96. The molecule has 0 saturated heterocycles. The van der Waals surface area contributed by atoms with Gasteiger partial charge in [0, 0.05) is 0 Å². The molecule has 0 aliphatic rings. The number of hydrogen-bond acceptors (Lipinski definition) is 4. The molecular weight excluding hydrogens is 166 g/mol. The molecule has 0 aromatic carbocycles. The van der Waals surface area contributed by atoms with Gasteiger partial charge in [-0.05, 0) is 0 Å². The Morgan fingerprint density at radius 2 is 1.00 bits per heavy atom. The van der Waals surface area contributed by atoms with Crippen LogP contribution in [0, 0.1) is 0 Å². The summed E-state index contributed by atoms with van der Waals surface area (Å²) < 4.78 is 0. The second-order valence-electron chi connectivity index (χ2n) is 0.183. The van der Waals surface area contributed by atoms with Crippen LogP contribution in [0.5, 0.6) is 0 Å². The summed E-state index contributed by atoms with van der Waals surface area (Å²) in [6.07, 6.45) is 0. The van der Waals surface area contributed by atoms with Crippen LogP contribution >= 0.6 is 18.1 Å². The molecule has 0 bridgehead atoms. The standard InChI is InChI=1S/Ca.2H2O2P/c;2*1-3-2/h;2*1,3H/q+2;2*-1. The van der Waals surface area contributed by atoms with Crippen LogP contribution in [-0.2, 0) is 0 Å². The summed E-state index contributed by atoms with van der Waals surface area (Å²) >= 11 is 0. The van der Waals surface area contributed by atoms with Crippen molar-refractivity contribution in [1.29, 1.82) is 0 Å². The van der Waals surface area contributed by atoms with Gasteiger partial charge in [0.05, 0.1) is 0 Å². The molecule has 2 N–H and O–H groups in total. The molecule has 7 heavy (non-hydrogen) atoms. The smallest absolute Gasteiger partial charge is 0.811 e. The van der Waals surface area contributed by atoms with Crippen molar-refractivity contribution in [3.8, 4) is 0 Å². The average molecular weight is 170 g/mol. The van der Waals surface area contributed by atoms with Gasteiger partial charge in [0.15, 0.2) is 0 Å². The van der Waals surface area contributed by atoms with Gasteiger partial charge in [0.2, 0.25) is 0 Å². The first-order valence-corrected chi connectivity index (χ1v) is 2.57. The molecule has 0 aromatic heterocycles. The maximum Gasteiger partial charge on any atom is 2.00 e. The van der Waals surface area contributed by atoms with Gasteiger partial charge in [0.25, 0.3) is 0 Å². The zero-order valence-corrected chi connectivity index (χ0v) is 7.63. The maximum atomic E-state index is 8.51. The Kier molecular flexibility index (Phi) is 56.1. The van der Waals surface area contributed by atoms with Crippen molar-refractivity contribution < 1.29 is 19.6 Å². The van der Waals surface area contributed by atoms with Crippen LogP contribution in [-0.4, -0.2) is 47.5 Å². The first-order chi connectivity index (χ1) is 2.83. The van der Waals surface area contributed by atoms with Crippen LogP contribution in [0.4, 0.5) is 0 Å². The van der Waals surface area contributed by atoms with E-state index >= 15 is 0 Å². The molecule has 2 unspecified atom stereocenters. The van der Waals surface area contributed by atoms with Crippen LogP contribution in [0.15, 0.2) is 0 Å². The molecule has 2 atom stereocenters. The van der Waals surface area contributed by atoms with Crippen molar-refractivity contribution in [3.63, 3.8) is 0 Å². The molecular formula is H4CaO4P2. The summed E-state index contributed by atoms with van der Waals surface area (Å²) in [5.74, 6) is 0. The average Bonchev–Trinajstić information content (AvgIpc) is 1.39. The minimum Gasteiger partial charge on any atom is -0.811 e. The topological polar surface area (TPSA) is 86.6 Å². The molecule has 0 aliphatic carbocycles. The van der Waals surface area contributed by atoms with Gasteiger partial charge in [-0.25, -0.2) is 0 Å².